The molecule has 0 radical (unpaired) electrons. The second-order valence-corrected chi connectivity index (χ2v) is 6.51. The average Bonchev–Trinajstić information content (AvgIpc) is 3.25. The van der Waals surface area contributed by atoms with Gasteiger partial charge in [0.15, 0.2) is 0 Å². The molecule has 5 heteroatoms. The molecule has 2 unspecified atom stereocenters. The molecule has 2 aliphatic rings. The Hall–Kier alpha value is -1.36. The van der Waals surface area contributed by atoms with Crippen molar-refractivity contribution in [3.05, 3.63) is 34.3 Å². The molecule has 20 heavy (non-hydrogen) atoms. The van der Waals surface area contributed by atoms with Gasteiger partial charge in [0.2, 0.25) is 11.8 Å². The summed E-state index contributed by atoms with van der Waals surface area (Å²) in [6.45, 7) is 2.28. The molecular formula is C15H17BrN2O2. The first kappa shape index (κ1) is 13.6. The van der Waals surface area contributed by atoms with E-state index in [9.17, 15) is 9.59 Å². The third kappa shape index (κ3) is 2.59. The number of nitrogens with zero attached hydrogens (tertiary/aromatic N) is 1. The highest BCUT2D eigenvalue weighted by atomic mass is 79.9. The van der Waals surface area contributed by atoms with E-state index in [-0.39, 0.29) is 17.9 Å². The fourth-order valence-corrected chi connectivity index (χ4v) is 2.86. The first-order valence-corrected chi connectivity index (χ1v) is 7.71. The van der Waals surface area contributed by atoms with E-state index in [1.165, 1.54) is 0 Å². The van der Waals surface area contributed by atoms with Crippen LogP contribution in [0.25, 0.3) is 0 Å². The highest BCUT2D eigenvalue weighted by Gasteiger charge is 2.45. The molecule has 1 saturated carbocycles. The van der Waals surface area contributed by atoms with Crippen LogP contribution in [-0.4, -0.2) is 28.8 Å². The molecule has 1 N–H and O–H groups in total. The molecule has 2 fully saturated rings. The molecule has 1 aromatic rings. The Kier molecular flexibility index (Phi) is 3.54. The molecule has 1 aromatic carbocycles. The second kappa shape index (κ2) is 5.20. The van der Waals surface area contributed by atoms with Crippen molar-refractivity contribution in [3.63, 3.8) is 0 Å². The quantitative estimate of drug-likeness (QED) is 0.918. The molecule has 1 aliphatic carbocycles. The number of hydrogen-bond donors (Lipinski definition) is 1. The van der Waals surface area contributed by atoms with Crippen molar-refractivity contribution in [2.45, 2.75) is 38.4 Å². The van der Waals surface area contributed by atoms with Crippen LogP contribution in [0.2, 0.25) is 0 Å². The van der Waals surface area contributed by atoms with Gasteiger partial charge in [0.25, 0.3) is 0 Å². The maximum atomic E-state index is 12.5. The van der Waals surface area contributed by atoms with E-state index in [1.54, 1.807) is 11.8 Å². The smallest absolute Gasteiger partial charge is 0.246 e. The van der Waals surface area contributed by atoms with E-state index in [4.69, 9.17) is 0 Å². The number of nitrogens with one attached hydrogen (secondary N) is 1. The van der Waals surface area contributed by atoms with Crippen LogP contribution in [-0.2, 0) is 16.1 Å². The summed E-state index contributed by atoms with van der Waals surface area (Å²) in [5, 5.41) is 2.87. The predicted molar refractivity (Wildman–Crippen MR) is 78.8 cm³/mol. The van der Waals surface area contributed by atoms with Crippen molar-refractivity contribution in [3.8, 4) is 0 Å². The highest BCUT2D eigenvalue weighted by Crippen LogP contribution is 2.35. The standard InChI is InChI=1S/C15H17BrN2O2/c1-9-14(19)17-13(11-4-5-11)15(20)18(9)8-10-2-6-12(16)7-3-10/h2-3,6-7,9,11,13H,4-5,8H2,1H3,(H,17,19). The number of rotatable bonds is 3. The van der Waals surface area contributed by atoms with E-state index >= 15 is 0 Å². The minimum Gasteiger partial charge on any atom is -0.342 e. The molecule has 0 bridgehead atoms. The summed E-state index contributed by atoms with van der Waals surface area (Å²) in [4.78, 5) is 26.3. The largest absolute Gasteiger partial charge is 0.342 e. The summed E-state index contributed by atoms with van der Waals surface area (Å²) in [6, 6.07) is 7.14. The highest BCUT2D eigenvalue weighted by molar-refractivity contribution is 9.10. The van der Waals surface area contributed by atoms with Gasteiger partial charge in [-0.3, -0.25) is 9.59 Å². The Balaban J connectivity index is 1.79. The molecule has 3 rings (SSSR count). The lowest BCUT2D eigenvalue weighted by Crippen LogP contribution is -2.62. The molecule has 2 amide bonds. The van der Waals surface area contributed by atoms with Crippen LogP contribution in [0.1, 0.15) is 25.3 Å². The lowest BCUT2D eigenvalue weighted by molar-refractivity contribution is -0.149. The van der Waals surface area contributed by atoms with Crippen LogP contribution in [0.5, 0.6) is 0 Å². The summed E-state index contributed by atoms with van der Waals surface area (Å²) in [5.74, 6) is 0.354. The number of hydrogen-bond acceptors (Lipinski definition) is 2. The summed E-state index contributed by atoms with van der Waals surface area (Å²) >= 11 is 3.40. The molecule has 4 nitrogen and oxygen atoms in total. The van der Waals surface area contributed by atoms with Crippen LogP contribution < -0.4 is 5.32 Å². The number of halogens is 1. The van der Waals surface area contributed by atoms with Gasteiger partial charge in [-0.1, -0.05) is 28.1 Å². The van der Waals surface area contributed by atoms with Crippen LogP contribution in [0.4, 0.5) is 0 Å². The first-order chi connectivity index (χ1) is 9.56. The Morgan fingerprint density at radius 2 is 1.90 bits per heavy atom. The molecule has 2 atom stereocenters. The van der Waals surface area contributed by atoms with Gasteiger partial charge >= 0.3 is 0 Å². The van der Waals surface area contributed by atoms with Crippen molar-refractivity contribution < 1.29 is 9.59 Å². The lowest BCUT2D eigenvalue weighted by atomic mass is 10.0. The second-order valence-electron chi connectivity index (χ2n) is 5.59. The average molecular weight is 337 g/mol. The van der Waals surface area contributed by atoms with Crippen molar-refractivity contribution in [1.82, 2.24) is 10.2 Å². The topological polar surface area (TPSA) is 49.4 Å². The first-order valence-electron chi connectivity index (χ1n) is 6.91. The van der Waals surface area contributed by atoms with Gasteiger partial charge < -0.3 is 10.2 Å². The maximum absolute atomic E-state index is 12.5. The van der Waals surface area contributed by atoms with Gasteiger partial charge in [0, 0.05) is 11.0 Å². The Morgan fingerprint density at radius 3 is 2.50 bits per heavy atom. The van der Waals surface area contributed by atoms with E-state index in [0.717, 1.165) is 22.9 Å². The van der Waals surface area contributed by atoms with Crippen LogP contribution in [0.15, 0.2) is 28.7 Å². The van der Waals surface area contributed by atoms with Crippen LogP contribution >= 0.6 is 15.9 Å². The Bertz CT molecular complexity index is 539. The van der Waals surface area contributed by atoms with E-state index in [0.29, 0.717) is 12.5 Å². The van der Waals surface area contributed by atoms with Crippen LogP contribution in [0, 0.1) is 5.92 Å². The van der Waals surface area contributed by atoms with Crippen molar-refractivity contribution in [2.24, 2.45) is 5.92 Å². The lowest BCUT2D eigenvalue weighted by Gasteiger charge is -2.37. The molecule has 1 aliphatic heterocycles. The van der Waals surface area contributed by atoms with Gasteiger partial charge in [-0.05, 0) is 43.4 Å². The van der Waals surface area contributed by atoms with E-state index in [1.807, 2.05) is 24.3 Å². The Labute approximate surface area is 126 Å². The van der Waals surface area contributed by atoms with Gasteiger partial charge in [-0.2, -0.15) is 0 Å². The van der Waals surface area contributed by atoms with Crippen molar-refractivity contribution >= 4 is 27.7 Å². The minimum atomic E-state index is -0.402. The summed E-state index contributed by atoms with van der Waals surface area (Å²) < 4.78 is 1.01. The maximum Gasteiger partial charge on any atom is 0.246 e. The van der Waals surface area contributed by atoms with Crippen molar-refractivity contribution in [2.75, 3.05) is 0 Å². The normalized spacial score (nSPS) is 26.6. The monoisotopic (exact) mass is 336 g/mol. The summed E-state index contributed by atoms with van der Waals surface area (Å²) in [7, 11) is 0. The van der Waals surface area contributed by atoms with Crippen molar-refractivity contribution in [1.29, 1.82) is 0 Å². The van der Waals surface area contributed by atoms with Crippen LogP contribution in [0.3, 0.4) is 0 Å². The zero-order valence-electron chi connectivity index (χ0n) is 11.3. The molecule has 0 aromatic heterocycles. The fraction of sp³-hybridized carbons (Fsp3) is 0.467. The van der Waals surface area contributed by atoms with Gasteiger partial charge in [0.05, 0.1) is 0 Å². The van der Waals surface area contributed by atoms with E-state index < -0.39 is 6.04 Å². The third-order valence-corrected chi connectivity index (χ3v) is 4.58. The molecular weight excluding hydrogens is 320 g/mol. The third-order valence-electron chi connectivity index (χ3n) is 4.05. The zero-order chi connectivity index (χ0) is 14.3. The summed E-state index contributed by atoms with van der Waals surface area (Å²) in [6.07, 6.45) is 2.08. The number of benzene rings is 1. The van der Waals surface area contributed by atoms with E-state index in [2.05, 4.69) is 21.2 Å². The van der Waals surface area contributed by atoms with Gasteiger partial charge in [0.1, 0.15) is 12.1 Å². The number of amides is 2. The number of piperazine rings is 1. The molecule has 1 saturated heterocycles. The molecule has 0 spiro atoms. The summed E-state index contributed by atoms with van der Waals surface area (Å²) in [5.41, 5.74) is 1.04. The van der Waals surface area contributed by atoms with Gasteiger partial charge in [-0.25, -0.2) is 0 Å². The Morgan fingerprint density at radius 1 is 1.25 bits per heavy atom. The number of carbonyl (C=O) groups is 2. The number of carbonyl (C=O) groups excluding carboxylic acids is 2. The minimum absolute atomic E-state index is 0.0430. The SMILES string of the molecule is CC1C(=O)NC(C2CC2)C(=O)N1Cc1ccc(Br)cc1. The van der Waals surface area contributed by atoms with Gasteiger partial charge in [-0.15, -0.1) is 0 Å². The zero-order valence-corrected chi connectivity index (χ0v) is 12.9. The fourth-order valence-electron chi connectivity index (χ4n) is 2.60. The predicted octanol–water partition coefficient (Wildman–Crippen LogP) is 2.07. The molecule has 106 valence electrons. The molecule has 1 heterocycles.